The fraction of sp³-hybridized carbons (Fsp3) is 0.154. The number of H-pyrrole nitrogens is 1. The number of rotatable bonds is 2. The molecule has 0 bridgehead atoms. The first-order valence-corrected chi connectivity index (χ1v) is 5.50. The lowest BCUT2D eigenvalue weighted by Gasteiger charge is -1.94. The van der Waals surface area contributed by atoms with Crippen LogP contribution in [0, 0.1) is 5.82 Å². The summed E-state index contributed by atoms with van der Waals surface area (Å²) in [6, 6.07) is 6.72. The second-order valence-corrected chi connectivity index (χ2v) is 3.83. The Morgan fingerprint density at radius 3 is 3.00 bits per heavy atom. The van der Waals surface area contributed by atoms with E-state index in [4.69, 9.17) is 4.42 Å². The highest BCUT2D eigenvalue weighted by Gasteiger charge is 2.13. The van der Waals surface area contributed by atoms with Gasteiger partial charge in [0, 0.05) is 6.42 Å². The predicted octanol–water partition coefficient (Wildman–Crippen LogP) is 3.52. The molecule has 3 nitrogen and oxygen atoms in total. The molecule has 0 fully saturated rings. The van der Waals surface area contributed by atoms with Crippen LogP contribution in [-0.2, 0) is 6.42 Å². The van der Waals surface area contributed by atoms with Crippen molar-refractivity contribution >= 4 is 11.0 Å². The van der Waals surface area contributed by atoms with Crippen LogP contribution in [0.4, 0.5) is 4.39 Å². The normalized spacial score (nSPS) is 11.2. The summed E-state index contributed by atoms with van der Waals surface area (Å²) in [5, 5.41) is 0. The molecular weight excluding hydrogens is 219 g/mol. The van der Waals surface area contributed by atoms with E-state index in [-0.39, 0.29) is 5.82 Å². The van der Waals surface area contributed by atoms with Gasteiger partial charge in [-0.2, -0.15) is 0 Å². The number of aromatic nitrogens is 2. The van der Waals surface area contributed by atoms with Crippen molar-refractivity contribution in [3.05, 3.63) is 42.1 Å². The lowest BCUT2D eigenvalue weighted by atomic mass is 10.2. The lowest BCUT2D eigenvalue weighted by Crippen LogP contribution is -1.83. The van der Waals surface area contributed by atoms with Crippen molar-refractivity contribution in [2.45, 2.75) is 13.3 Å². The van der Waals surface area contributed by atoms with Crippen LogP contribution in [0.3, 0.4) is 0 Å². The molecule has 86 valence electrons. The number of fused-ring (bicyclic) bond motifs is 1. The molecule has 2 heterocycles. The molecule has 3 rings (SSSR count). The SMILES string of the molecule is CCc1occc1-c1nc2c(F)cccc2[nH]1. The summed E-state index contributed by atoms with van der Waals surface area (Å²) in [5.74, 6) is 1.19. The number of nitrogens with one attached hydrogen (secondary N) is 1. The Morgan fingerprint density at radius 1 is 1.35 bits per heavy atom. The number of nitrogens with zero attached hydrogens (tertiary/aromatic N) is 1. The molecule has 1 N–H and O–H groups in total. The van der Waals surface area contributed by atoms with E-state index < -0.39 is 0 Å². The molecule has 0 saturated carbocycles. The van der Waals surface area contributed by atoms with Crippen LogP contribution in [0.1, 0.15) is 12.7 Å². The summed E-state index contributed by atoms with van der Waals surface area (Å²) in [6.07, 6.45) is 2.40. The minimum atomic E-state index is -0.313. The summed E-state index contributed by atoms with van der Waals surface area (Å²) in [6.45, 7) is 2.01. The number of halogens is 1. The van der Waals surface area contributed by atoms with Gasteiger partial charge in [0.2, 0.25) is 0 Å². The van der Waals surface area contributed by atoms with Crippen LogP contribution in [0.15, 0.2) is 34.9 Å². The van der Waals surface area contributed by atoms with Crippen molar-refractivity contribution in [2.75, 3.05) is 0 Å². The second kappa shape index (κ2) is 3.73. The predicted molar refractivity (Wildman–Crippen MR) is 63.1 cm³/mol. The minimum Gasteiger partial charge on any atom is -0.469 e. The Bertz CT molecular complexity index is 669. The first-order valence-electron chi connectivity index (χ1n) is 5.50. The standard InChI is InChI=1S/C13H11FN2O/c1-2-11-8(6-7-17-11)13-15-10-5-3-4-9(14)12(10)16-13/h3-7H,2H2,1H3,(H,15,16). The smallest absolute Gasteiger partial charge is 0.151 e. The molecule has 0 unspecified atom stereocenters. The molecule has 0 saturated heterocycles. The highest BCUT2D eigenvalue weighted by Crippen LogP contribution is 2.26. The number of benzene rings is 1. The molecular formula is C13H11FN2O. The van der Waals surface area contributed by atoms with Crippen LogP contribution < -0.4 is 0 Å². The molecule has 0 spiro atoms. The monoisotopic (exact) mass is 230 g/mol. The quantitative estimate of drug-likeness (QED) is 0.731. The highest BCUT2D eigenvalue weighted by molar-refractivity contribution is 5.80. The van der Waals surface area contributed by atoms with Gasteiger partial charge < -0.3 is 9.40 Å². The molecule has 3 aromatic rings. The number of imidazole rings is 1. The molecule has 0 radical (unpaired) electrons. The molecule has 0 aliphatic heterocycles. The van der Waals surface area contributed by atoms with Gasteiger partial charge in [0.05, 0.1) is 17.3 Å². The van der Waals surface area contributed by atoms with E-state index in [2.05, 4.69) is 9.97 Å². The molecule has 0 atom stereocenters. The average molecular weight is 230 g/mol. The summed E-state index contributed by atoms with van der Waals surface area (Å²) in [7, 11) is 0. The van der Waals surface area contributed by atoms with Crippen molar-refractivity contribution in [2.24, 2.45) is 0 Å². The van der Waals surface area contributed by atoms with Gasteiger partial charge in [-0.15, -0.1) is 0 Å². The topological polar surface area (TPSA) is 41.8 Å². The fourth-order valence-electron chi connectivity index (χ4n) is 1.95. The summed E-state index contributed by atoms with van der Waals surface area (Å²) in [5.41, 5.74) is 1.96. The van der Waals surface area contributed by atoms with Crippen molar-refractivity contribution in [3.8, 4) is 11.4 Å². The third kappa shape index (κ3) is 1.53. The number of hydrogen-bond acceptors (Lipinski definition) is 2. The van der Waals surface area contributed by atoms with Crippen molar-refractivity contribution in [3.63, 3.8) is 0 Å². The van der Waals surface area contributed by atoms with Crippen LogP contribution in [-0.4, -0.2) is 9.97 Å². The maximum Gasteiger partial charge on any atom is 0.151 e. The van der Waals surface area contributed by atoms with Crippen molar-refractivity contribution in [1.82, 2.24) is 9.97 Å². The van der Waals surface area contributed by atoms with E-state index >= 15 is 0 Å². The summed E-state index contributed by atoms with van der Waals surface area (Å²) in [4.78, 5) is 7.38. The van der Waals surface area contributed by atoms with Gasteiger partial charge in [-0.3, -0.25) is 0 Å². The van der Waals surface area contributed by atoms with Crippen LogP contribution in [0.5, 0.6) is 0 Å². The number of aryl methyl sites for hydroxylation is 1. The summed E-state index contributed by atoms with van der Waals surface area (Å²) >= 11 is 0. The van der Waals surface area contributed by atoms with E-state index in [9.17, 15) is 4.39 Å². The van der Waals surface area contributed by atoms with E-state index in [0.29, 0.717) is 16.9 Å². The largest absolute Gasteiger partial charge is 0.469 e. The van der Waals surface area contributed by atoms with Gasteiger partial charge in [-0.05, 0) is 18.2 Å². The maximum atomic E-state index is 13.5. The van der Waals surface area contributed by atoms with Gasteiger partial charge in [0.1, 0.15) is 17.1 Å². The number of furan rings is 1. The minimum absolute atomic E-state index is 0.313. The van der Waals surface area contributed by atoms with Gasteiger partial charge in [-0.1, -0.05) is 13.0 Å². The first-order chi connectivity index (χ1) is 8.29. The Labute approximate surface area is 97.3 Å². The molecule has 17 heavy (non-hydrogen) atoms. The molecule has 0 amide bonds. The first kappa shape index (κ1) is 10.1. The fourth-order valence-corrected chi connectivity index (χ4v) is 1.95. The zero-order chi connectivity index (χ0) is 11.8. The van der Waals surface area contributed by atoms with Crippen LogP contribution in [0.25, 0.3) is 22.4 Å². The van der Waals surface area contributed by atoms with E-state index in [0.717, 1.165) is 17.7 Å². The number of hydrogen-bond donors (Lipinski definition) is 1. The zero-order valence-corrected chi connectivity index (χ0v) is 9.33. The van der Waals surface area contributed by atoms with Gasteiger partial charge in [0.25, 0.3) is 0 Å². The Hall–Kier alpha value is -2.10. The molecule has 0 aliphatic carbocycles. The summed E-state index contributed by atoms with van der Waals surface area (Å²) < 4.78 is 18.9. The van der Waals surface area contributed by atoms with Crippen molar-refractivity contribution < 1.29 is 8.81 Å². The lowest BCUT2D eigenvalue weighted by molar-refractivity contribution is 0.517. The Morgan fingerprint density at radius 2 is 2.24 bits per heavy atom. The third-order valence-electron chi connectivity index (χ3n) is 2.79. The van der Waals surface area contributed by atoms with Gasteiger partial charge >= 0.3 is 0 Å². The Kier molecular flexibility index (Phi) is 2.21. The molecule has 2 aromatic heterocycles. The number of para-hydroxylation sites is 1. The second-order valence-electron chi connectivity index (χ2n) is 3.83. The zero-order valence-electron chi connectivity index (χ0n) is 9.33. The van der Waals surface area contributed by atoms with E-state index in [1.54, 1.807) is 18.4 Å². The van der Waals surface area contributed by atoms with Crippen LogP contribution in [0.2, 0.25) is 0 Å². The van der Waals surface area contributed by atoms with Crippen molar-refractivity contribution in [1.29, 1.82) is 0 Å². The number of aromatic amines is 1. The van der Waals surface area contributed by atoms with E-state index in [1.165, 1.54) is 6.07 Å². The van der Waals surface area contributed by atoms with E-state index in [1.807, 2.05) is 13.0 Å². The molecule has 1 aromatic carbocycles. The van der Waals surface area contributed by atoms with Crippen LogP contribution >= 0.6 is 0 Å². The van der Waals surface area contributed by atoms with Gasteiger partial charge in [0.15, 0.2) is 5.82 Å². The third-order valence-corrected chi connectivity index (χ3v) is 2.79. The van der Waals surface area contributed by atoms with Gasteiger partial charge in [-0.25, -0.2) is 9.37 Å². The molecule has 0 aliphatic rings. The highest BCUT2D eigenvalue weighted by atomic mass is 19.1. The molecule has 4 heteroatoms. The maximum absolute atomic E-state index is 13.5. The Balaban J connectivity index is 2.22. The average Bonchev–Trinajstić information content (AvgIpc) is 2.94.